The molecule has 0 aliphatic rings. The fourth-order valence-corrected chi connectivity index (χ4v) is 0.943. The predicted molar refractivity (Wildman–Crippen MR) is 58.2 cm³/mol. The van der Waals surface area contributed by atoms with Crippen LogP contribution in [0, 0.1) is 10.8 Å². The number of hydrogen-bond donors (Lipinski definition) is 0. The van der Waals surface area contributed by atoms with Gasteiger partial charge in [-0.3, -0.25) is 9.59 Å². The van der Waals surface area contributed by atoms with Crippen LogP contribution in [0.5, 0.6) is 0 Å². The normalized spacial score (nSPS) is 12.7. The average Bonchev–Trinajstić information content (AvgIpc) is 2.01. The molecule has 0 spiro atoms. The van der Waals surface area contributed by atoms with Crippen LogP contribution in [0.2, 0.25) is 0 Å². The van der Waals surface area contributed by atoms with E-state index in [4.69, 9.17) is 0 Å². The standard InChI is InChI=1S/C12H22O2/c1-7-9(13)8-10(14)12(5,6)11(2,3)4/h7-8H2,1-6H3. The Morgan fingerprint density at radius 3 is 1.71 bits per heavy atom. The summed E-state index contributed by atoms with van der Waals surface area (Å²) in [6.45, 7) is 11.7. The second-order valence-electron chi connectivity index (χ2n) is 5.37. The first-order valence-electron chi connectivity index (χ1n) is 5.18. The first kappa shape index (κ1) is 13.3. The number of carbonyl (C=O) groups is 2. The summed E-state index contributed by atoms with van der Waals surface area (Å²) in [6.07, 6.45) is 0.534. The molecule has 0 saturated heterocycles. The molecule has 0 aliphatic heterocycles. The minimum Gasteiger partial charge on any atom is -0.299 e. The van der Waals surface area contributed by atoms with Crippen molar-refractivity contribution in [3.63, 3.8) is 0 Å². The minimum absolute atomic E-state index is 0.0346. The molecule has 2 heteroatoms. The zero-order valence-electron chi connectivity index (χ0n) is 10.2. The lowest BCUT2D eigenvalue weighted by molar-refractivity contribution is -0.136. The third-order valence-electron chi connectivity index (χ3n) is 3.32. The van der Waals surface area contributed by atoms with E-state index in [1.807, 2.05) is 34.6 Å². The maximum Gasteiger partial charge on any atom is 0.146 e. The number of carbonyl (C=O) groups excluding carboxylic acids is 2. The number of ketones is 2. The molecule has 0 saturated carbocycles. The van der Waals surface area contributed by atoms with Gasteiger partial charge < -0.3 is 0 Å². The highest BCUT2D eigenvalue weighted by Crippen LogP contribution is 2.39. The highest BCUT2D eigenvalue weighted by molar-refractivity contribution is 6.01. The molecule has 0 heterocycles. The Balaban J connectivity index is 4.61. The van der Waals surface area contributed by atoms with Crippen LogP contribution in [0.4, 0.5) is 0 Å². The van der Waals surface area contributed by atoms with Crippen LogP contribution in [0.15, 0.2) is 0 Å². The van der Waals surface area contributed by atoms with E-state index in [1.165, 1.54) is 0 Å². The lowest BCUT2D eigenvalue weighted by Crippen LogP contribution is -2.38. The average molecular weight is 198 g/mol. The Labute approximate surface area is 87.1 Å². The van der Waals surface area contributed by atoms with E-state index in [0.29, 0.717) is 6.42 Å². The maximum atomic E-state index is 11.9. The van der Waals surface area contributed by atoms with Gasteiger partial charge in [0.2, 0.25) is 0 Å². The zero-order valence-corrected chi connectivity index (χ0v) is 10.2. The summed E-state index contributed by atoms with van der Waals surface area (Å²) >= 11 is 0. The summed E-state index contributed by atoms with van der Waals surface area (Å²) in [5.41, 5.74) is -0.532. The Morgan fingerprint density at radius 1 is 1.00 bits per heavy atom. The van der Waals surface area contributed by atoms with Crippen molar-refractivity contribution in [1.82, 2.24) is 0 Å². The van der Waals surface area contributed by atoms with Crippen LogP contribution < -0.4 is 0 Å². The topological polar surface area (TPSA) is 34.1 Å². The van der Waals surface area contributed by atoms with Gasteiger partial charge in [0, 0.05) is 11.8 Å². The Hall–Kier alpha value is -0.660. The molecule has 0 aromatic carbocycles. The van der Waals surface area contributed by atoms with Crippen molar-refractivity contribution in [1.29, 1.82) is 0 Å². The van der Waals surface area contributed by atoms with Crippen LogP contribution in [-0.2, 0) is 9.59 Å². The van der Waals surface area contributed by atoms with Gasteiger partial charge in [-0.2, -0.15) is 0 Å². The maximum absolute atomic E-state index is 11.9. The van der Waals surface area contributed by atoms with Gasteiger partial charge in [0.25, 0.3) is 0 Å². The number of hydrogen-bond acceptors (Lipinski definition) is 2. The van der Waals surface area contributed by atoms with Crippen molar-refractivity contribution in [3.8, 4) is 0 Å². The highest BCUT2D eigenvalue weighted by atomic mass is 16.1. The molecular formula is C12H22O2. The Kier molecular flexibility index (Phi) is 4.04. The van der Waals surface area contributed by atoms with Crippen molar-refractivity contribution in [2.75, 3.05) is 0 Å². The van der Waals surface area contributed by atoms with E-state index in [9.17, 15) is 9.59 Å². The summed E-state index contributed by atoms with van der Waals surface area (Å²) in [5, 5.41) is 0. The minimum atomic E-state index is -0.433. The van der Waals surface area contributed by atoms with Crippen molar-refractivity contribution >= 4 is 11.6 Å². The van der Waals surface area contributed by atoms with Gasteiger partial charge >= 0.3 is 0 Å². The lowest BCUT2D eigenvalue weighted by atomic mass is 9.66. The lowest BCUT2D eigenvalue weighted by Gasteiger charge is -2.37. The SMILES string of the molecule is CCC(=O)CC(=O)C(C)(C)C(C)(C)C. The van der Waals surface area contributed by atoms with Crippen LogP contribution in [0.1, 0.15) is 54.4 Å². The van der Waals surface area contributed by atoms with Crippen molar-refractivity contribution in [2.45, 2.75) is 54.4 Å². The molecular weight excluding hydrogens is 176 g/mol. The van der Waals surface area contributed by atoms with Gasteiger partial charge in [0.05, 0.1) is 6.42 Å². The molecule has 0 aliphatic carbocycles. The predicted octanol–water partition coefficient (Wildman–Crippen LogP) is 3.00. The Bertz CT molecular complexity index is 231. The van der Waals surface area contributed by atoms with E-state index in [1.54, 1.807) is 6.92 Å². The van der Waals surface area contributed by atoms with Gasteiger partial charge in [0.15, 0.2) is 0 Å². The van der Waals surface area contributed by atoms with Gasteiger partial charge in [-0.1, -0.05) is 41.5 Å². The second-order valence-corrected chi connectivity index (χ2v) is 5.37. The van der Waals surface area contributed by atoms with Crippen LogP contribution >= 0.6 is 0 Å². The summed E-state index contributed by atoms with van der Waals surface area (Å²) in [7, 11) is 0. The van der Waals surface area contributed by atoms with E-state index >= 15 is 0 Å². The molecule has 0 unspecified atom stereocenters. The van der Waals surface area contributed by atoms with Crippen molar-refractivity contribution in [2.24, 2.45) is 10.8 Å². The molecule has 0 rings (SSSR count). The summed E-state index contributed by atoms with van der Waals surface area (Å²) in [5.74, 6) is 0.0872. The molecule has 0 N–H and O–H groups in total. The summed E-state index contributed by atoms with van der Waals surface area (Å²) in [6, 6.07) is 0. The van der Waals surface area contributed by atoms with E-state index < -0.39 is 5.41 Å². The fourth-order valence-electron chi connectivity index (χ4n) is 0.943. The quantitative estimate of drug-likeness (QED) is 0.651. The van der Waals surface area contributed by atoms with Crippen molar-refractivity contribution in [3.05, 3.63) is 0 Å². The van der Waals surface area contributed by atoms with E-state index in [2.05, 4.69) is 0 Å². The van der Waals surface area contributed by atoms with Gasteiger partial charge in [-0.25, -0.2) is 0 Å². The smallest absolute Gasteiger partial charge is 0.146 e. The molecule has 0 amide bonds. The van der Waals surface area contributed by atoms with Crippen molar-refractivity contribution < 1.29 is 9.59 Å². The molecule has 0 fully saturated rings. The van der Waals surface area contributed by atoms with Crippen LogP contribution in [0.3, 0.4) is 0 Å². The van der Waals surface area contributed by atoms with Gasteiger partial charge in [0.1, 0.15) is 11.6 Å². The fraction of sp³-hybridized carbons (Fsp3) is 0.833. The van der Waals surface area contributed by atoms with E-state index in [-0.39, 0.29) is 23.4 Å². The van der Waals surface area contributed by atoms with Crippen LogP contribution in [0.25, 0.3) is 0 Å². The third kappa shape index (κ3) is 2.93. The monoisotopic (exact) mass is 198 g/mol. The molecule has 0 aromatic heterocycles. The highest BCUT2D eigenvalue weighted by Gasteiger charge is 2.39. The van der Waals surface area contributed by atoms with Gasteiger partial charge in [-0.15, -0.1) is 0 Å². The zero-order chi connectivity index (χ0) is 11.6. The van der Waals surface area contributed by atoms with E-state index in [0.717, 1.165) is 0 Å². The molecule has 0 aromatic rings. The summed E-state index contributed by atoms with van der Waals surface area (Å²) in [4.78, 5) is 23.0. The molecule has 0 radical (unpaired) electrons. The first-order valence-corrected chi connectivity index (χ1v) is 5.18. The largest absolute Gasteiger partial charge is 0.299 e. The summed E-state index contributed by atoms with van der Waals surface area (Å²) < 4.78 is 0. The third-order valence-corrected chi connectivity index (χ3v) is 3.32. The number of rotatable bonds is 4. The molecule has 0 atom stereocenters. The first-order chi connectivity index (χ1) is 6.13. The Morgan fingerprint density at radius 2 is 1.43 bits per heavy atom. The molecule has 0 bridgehead atoms. The van der Waals surface area contributed by atoms with Gasteiger partial charge in [-0.05, 0) is 5.41 Å². The molecule has 82 valence electrons. The second kappa shape index (κ2) is 4.24. The van der Waals surface area contributed by atoms with Crippen LogP contribution in [-0.4, -0.2) is 11.6 Å². The number of Topliss-reactive ketones (excluding diaryl/α,β-unsaturated/α-hetero) is 2. The molecule has 14 heavy (non-hydrogen) atoms. The molecule has 2 nitrogen and oxygen atoms in total.